The molecule has 0 unspecified atom stereocenters. The number of aryl methyl sites for hydroxylation is 1. The number of hydrogen-bond donors (Lipinski definition) is 1. The van der Waals surface area contributed by atoms with Crippen LogP contribution in [-0.4, -0.2) is 9.55 Å². The van der Waals surface area contributed by atoms with E-state index in [0.717, 1.165) is 23.5 Å². The SMILES string of the molecule is C#CCn1c(C(C)(C)C)nc(-c2ccccc2CC)c1N. The zero-order chi connectivity index (χ0) is 15.6. The van der Waals surface area contributed by atoms with Crippen molar-refractivity contribution in [3.05, 3.63) is 35.7 Å². The molecule has 2 N–H and O–H groups in total. The molecule has 3 heteroatoms. The van der Waals surface area contributed by atoms with Gasteiger partial charge < -0.3 is 10.3 Å². The van der Waals surface area contributed by atoms with Crippen molar-refractivity contribution in [2.75, 3.05) is 5.73 Å². The van der Waals surface area contributed by atoms with Crippen LogP contribution in [0.3, 0.4) is 0 Å². The minimum Gasteiger partial charge on any atom is -0.383 e. The van der Waals surface area contributed by atoms with E-state index < -0.39 is 0 Å². The molecule has 1 heterocycles. The van der Waals surface area contributed by atoms with Gasteiger partial charge >= 0.3 is 0 Å². The summed E-state index contributed by atoms with van der Waals surface area (Å²) in [5.41, 5.74) is 9.42. The van der Waals surface area contributed by atoms with E-state index in [4.69, 9.17) is 17.1 Å². The summed E-state index contributed by atoms with van der Waals surface area (Å²) in [7, 11) is 0. The van der Waals surface area contributed by atoms with Crippen molar-refractivity contribution in [3.63, 3.8) is 0 Å². The van der Waals surface area contributed by atoms with E-state index >= 15 is 0 Å². The summed E-state index contributed by atoms with van der Waals surface area (Å²) in [6.45, 7) is 8.95. The Balaban J connectivity index is 2.69. The smallest absolute Gasteiger partial charge is 0.132 e. The quantitative estimate of drug-likeness (QED) is 0.873. The number of nitrogens with two attached hydrogens (primary N) is 1. The maximum atomic E-state index is 6.35. The molecule has 0 saturated heterocycles. The first-order valence-electron chi connectivity index (χ1n) is 7.28. The highest BCUT2D eigenvalue weighted by Gasteiger charge is 2.25. The number of nitrogen functional groups attached to an aromatic ring is 1. The van der Waals surface area contributed by atoms with Gasteiger partial charge in [0.15, 0.2) is 0 Å². The summed E-state index contributed by atoms with van der Waals surface area (Å²) in [5, 5.41) is 0. The van der Waals surface area contributed by atoms with E-state index in [-0.39, 0.29) is 5.41 Å². The molecule has 21 heavy (non-hydrogen) atoms. The fourth-order valence-electron chi connectivity index (χ4n) is 2.55. The van der Waals surface area contributed by atoms with Gasteiger partial charge in [0.2, 0.25) is 0 Å². The normalized spacial score (nSPS) is 11.4. The summed E-state index contributed by atoms with van der Waals surface area (Å²) in [6.07, 6.45) is 6.44. The molecule has 2 rings (SSSR count). The lowest BCUT2D eigenvalue weighted by molar-refractivity contribution is 0.517. The Bertz CT molecular complexity index is 681. The van der Waals surface area contributed by atoms with Crippen LogP contribution in [0, 0.1) is 12.3 Å². The molecule has 110 valence electrons. The zero-order valence-electron chi connectivity index (χ0n) is 13.3. The molecule has 0 saturated carbocycles. The number of rotatable bonds is 3. The second kappa shape index (κ2) is 5.65. The molecule has 0 aliphatic carbocycles. The molecule has 0 amide bonds. The summed E-state index contributed by atoms with van der Waals surface area (Å²) >= 11 is 0. The summed E-state index contributed by atoms with van der Waals surface area (Å²) in [6, 6.07) is 8.25. The average Bonchev–Trinajstić information content (AvgIpc) is 2.77. The van der Waals surface area contributed by atoms with E-state index in [9.17, 15) is 0 Å². The van der Waals surface area contributed by atoms with Crippen LogP contribution in [0.4, 0.5) is 5.82 Å². The Morgan fingerprint density at radius 1 is 1.29 bits per heavy atom. The summed E-state index contributed by atoms with van der Waals surface area (Å²) < 4.78 is 1.95. The van der Waals surface area contributed by atoms with Crippen LogP contribution in [0.5, 0.6) is 0 Å². The highest BCUT2D eigenvalue weighted by molar-refractivity contribution is 5.74. The maximum Gasteiger partial charge on any atom is 0.132 e. The molecule has 0 radical (unpaired) electrons. The molecular weight excluding hydrogens is 258 g/mol. The Hall–Kier alpha value is -2.21. The van der Waals surface area contributed by atoms with Gasteiger partial charge in [0, 0.05) is 11.0 Å². The predicted octanol–water partition coefficient (Wildman–Crippen LogP) is 3.63. The molecular formula is C18H23N3. The molecule has 0 fully saturated rings. The van der Waals surface area contributed by atoms with E-state index in [1.54, 1.807) is 0 Å². The van der Waals surface area contributed by atoms with E-state index in [2.05, 4.69) is 45.7 Å². The third-order valence-corrected chi connectivity index (χ3v) is 3.58. The first-order chi connectivity index (χ1) is 9.90. The number of nitrogens with zero attached hydrogens (tertiary/aromatic N) is 2. The molecule has 1 aromatic carbocycles. The van der Waals surface area contributed by atoms with Crippen LogP contribution in [0.2, 0.25) is 0 Å². The van der Waals surface area contributed by atoms with Crippen LogP contribution in [0.1, 0.15) is 39.1 Å². The van der Waals surface area contributed by atoms with Gasteiger partial charge in [-0.1, -0.05) is 57.9 Å². The van der Waals surface area contributed by atoms with Crippen molar-refractivity contribution in [2.45, 2.75) is 46.1 Å². The monoisotopic (exact) mass is 281 g/mol. The van der Waals surface area contributed by atoms with Crippen LogP contribution in [0.15, 0.2) is 24.3 Å². The third-order valence-electron chi connectivity index (χ3n) is 3.58. The second-order valence-electron chi connectivity index (χ2n) is 6.22. The first-order valence-corrected chi connectivity index (χ1v) is 7.28. The number of terminal acetylenes is 1. The van der Waals surface area contributed by atoms with Gasteiger partial charge in [-0.3, -0.25) is 0 Å². The Morgan fingerprint density at radius 3 is 2.52 bits per heavy atom. The second-order valence-corrected chi connectivity index (χ2v) is 6.22. The van der Waals surface area contributed by atoms with E-state index in [1.807, 2.05) is 16.7 Å². The van der Waals surface area contributed by atoms with Crippen molar-refractivity contribution >= 4 is 5.82 Å². The Labute approximate surface area is 127 Å². The lowest BCUT2D eigenvalue weighted by Crippen LogP contribution is -2.19. The molecule has 0 bridgehead atoms. The van der Waals surface area contributed by atoms with Gasteiger partial charge in [-0.05, 0) is 12.0 Å². The van der Waals surface area contributed by atoms with Gasteiger partial charge in [-0.15, -0.1) is 6.42 Å². The van der Waals surface area contributed by atoms with Gasteiger partial charge in [0.05, 0.1) is 6.54 Å². The van der Waals surface area contributed by atoms with Gasteiger partial charge in [0.25, 0.3) is 0 Å². The van der Waals surface area contributed by atoms with E-state index in [1.165, 1.54) is 5.56 Å². The van der Waals surface area contributed by atoms with Crippen LogP contribution in [-0.2, 0) is 18.4 Å². The standard InChI is InChI=1S/C18H23N3/c1-6-12-21-16(19)15(20-17(21)18(3,4)5)14-11-9-8-10-13(14)7-2/h1,8-11H,7,12,19H2,2-5H3. The maximum absolute atomic E-state index is 6.35. The van der Waals surface area contributed by atoms with Crippen molar-refractivity contribution < 1.29 is 0 Å². The lowest BCUT2D eigenvalue weighted by atomic mass is 9.95. The highest BCUT2D eigenvalue weighted by Crippen LogP contribution is 2.33. The molecule has 3 nitrogen and oxygen atoms in total. The van der Waals surface area contributed by atoms with Crippen LogP contribution in [0.25, 0.3) is 11.3 Å². The zero-order valence-corrected chi connectivity index (χ0v) is 13.3. The topological polar surface area (TPSA) is 43.8 Å². The molecule has 1 aromatic heterocycles. The van der Waals surface area contributed by atoms with Crippen LogP contribution >= 0.6 is 0 Å². The fourth-order valence-corrected chi connectivity index (χ4v) is 2.55. The van der Waals surface area contributed by atoms with Crippen LogP contribution < -0.4 is 5.73 Å². The number of anilines is 1. The van der Waals surface area contributed by atoms with Gasteiger partial charge in [-0.25, -0.2) is 4.98 Å². The van der Waals surface area contributed by atoms with Gasteiger partial charge in [0.1, 0.15) is 17.3 Å². The molecule has 0 atom stereocenters. The number of hydrogen-bond acceptors (Lipinski definition) is 2. The summed E-state index contributed by atoms with van der Waals surface area (Å²) in [4.78, 5) is 4.82. The first kappa shape index (κ1) is 15.2. The Morgan fingerprint density at radius 2 is 1.95 bits per heavy atom. The minimum absolute atomic E-state index is 0.107. The van der Waals surface area contributed by atoms with Gasteiger partial charge in [-0.2, -0.15) is 0 Å². The van der Waals surface area contributed by atoms with Crippen molar-refractivity contribution in [1.29, 1.82) is 0 Å². The highest BCUT2D eigenvalue weighted by atomic mass is 15.1. The lowest BCUT2D eigenvalue weighted by Gasteiger charge is -2.18. The molecule has 0 aliphatic heterocycles. The molecule has 0 aliphatic rings. The largest absolute Gasteiger partial charge is 0.383 e. The third kappa shape index (κ3) is 2.80. The predicted molar refractivity (Wildman–Crippen MR) is 89.0 cm³/mol. The number of imidazole rings is 1. The van der Waals surface area contributed by atoms with Crippen molar-refractivity contribution in [1.82, 2.24) is 9.55 Å². The average molecular weight is 281 g/mol. The number of aromatic nitrogens is 2. The minimum atomic E-state index is -0.107. The molecule has 2 aromatic rings. The van der Waals surface area contributed by atoms with Crippen molar-refractivity contribution in [2.24, 2.45) is 0 Å². The summed E-state index contributed by atoms with van der Waals surface area (Å²) in [5.74, 6) is 4.25. The fraction of sp³-hybridized carbons (Fsp3) is 0.389. The Kier molecular flexibility index (Phi) is 4.09. The van der Waals surface area contributed by atoms with Crippen molar-refractivity contribution in [3.8, 4) is 23.6 Å². The van der Waals surface area contributed by atoms with E-state index in [0.29, 0.717) is 12.4 Å². The molecule has 0 spiro atoms. The number of benzene rings is 1.